The summed E-state index contributed by atoms with van der Waals surface area (Å²) in [5.74, 6) is -0.0387. The van der Waals surface area contributed by atoms with Crippen LogP contribution in [0.5, 0.6) is 5.75 Å². The molecule has 0 atom stereocenters. The number of esters is 2. The van der Waals surface area contributed by atoms with Gasteiger partial charge in [0.2, 0.25) is 0 Å². The van der Waals surface area contributed by atoms with Crippen molar-refractivity contribution in [2.75, 3.05) is 13.7 Å². The Bertz CT molecular complexity index is 1180. The quantitative estimate of drug-likeness (QED) is 0.449. The summed E-state index contributed by atoms with van der Waals surface area (Å²) >= 11 is 0. The van der Waals surface area contributed by atoms with Gasteiger partial charge in [0.05, 0.1) is 7.11 Å². The lowest BCUT2D eigenvalue weighted by molar-refractivity contribution is -0.147. The number of benzene rings is 1. The highest BCUT2D eigenvalue weighted by Crippen LogP contribution is 2.29. The average molecular weight is 412 g/mol. The second kappa shape index (κ2) is 8.06. The standard InChI is InChI=1S/C22H20O8/c1-12-18(21(24)26-2)8-14(29-12)10-28-20(23)11-27-13-6-7-16-15-4-3-5-17(15)22(25)30-19(16)9-13/h6-9H,3-5,10-11H2,1-2H3. The molecule has 1 aliphatic rings. The monoisotopic (exact) mass is 412 g/mol. The first-order chi connectivity index (χ1) is 14.5. The van der Waals surface area contributed by atoms with Gasteiger partial charge in [-0.1, -0.05) is 0 Å². The largest absolute Gasteiger partial charge is 0.482 e. The van der Waals surface area contributed by atoms with Gasteiger partial charge in [-0.15, -0.1) is 0 Å². The molecule has 1 aromatic carbocycles. The Morgan fingerprint density at radius 3 is 2.70 bits per heavy atom. The van der Waals surface area contributed by atoms with E-state index < -0.39 is 11.9 Å². The molecule has 156 valence electrons. The second-order valence-electron chi connectivity index (χ2n) is 6.98. The molecule has 0 spiro atoms. The summed E-state index contributed by atoms with van der Waals surface area (Å²) in [4.78, 5) is 35.7. The van der Waals surface area contributed by atoms with Gasteiger partial charge in [0, 0.05) is 17.0 Å². The Hall–Kier alpha value is -3.55. The molecular weight excluding hydrogens is 392 g/mol. The number of hydrogen-bond donors (Lipinski definition) is 0. The third-order valence-electron chi connectivity index (χ3n) is 5.05. The molecule has 2 heterocycles. The average Bonchev–Trinajstić information content (AvgIpc) is 3.37. The number of methoxy groups -OCH3 is 1. The summed E-state index contributed by atoms with van der Waals surface area (Å²) in [5, 5.41) is 0.895. The lowest BCUT2D eigenvalue weighted by Gasteiger charge is -2.08. The fourth-order valence-corrected chi connectivity index (χ4v) is 3.62. The van der Waals surface area contributed by atoms with Gasteiger partial charge in [0.1, 0.15) is 35.0 Å². The van der Waals surface area contributed by atoms with Gasteiger partial charge < -0.3 is 23.0 Å². The molecule has 1 aliphatic carbocycles. The zero-order valence-electron chi connectivity index (χ0n) is 16.6. The normalized spacial score (nSPS) is 12.6. The summed E-state index contributed by atoms with van der Waals surface area (Å²) in [6.07, 6.45) is 2.54. The van der Waals surface area contributed by atoms with Crippen LogP contribution < -0.4 is 10.4 Å². The lowest BCUT2D eigenvalue weighted by Crippen LogP contribution is -2.14. The summed E-state index contributed by atoms with van der Waals surface area (Å²) in [6.45, 7) is 1.15. The van der Waals surface area contributed by atoms with Gasteiger partial charge in [-0.05, 0) is 49.9 Å². The Labute approximate surface area is 171 Å². The lowest BCUT2D eigenvalue weighted by atomic mass is 10.1. The molecule has 8 heteroatoms. The Morgan fingerprint density at radius 1 is 1.10 bits per heavy atom. The number of carbonyl (C=O) groups is 2. The second-order valence-corrected chi connectivity index (χ2v) is 6.98. The van der Waals surface area contributed by atoms with Crippen molar-refractivity contribution in [1.29, 1.82) is 0 Å². The highest BCUT2D eigenvalue weighted by Gasteiger charge is 2.20. The van der Waals surface area contributed by atoms with E-state index in [4.69, 9.17) is 18.3 Å². The minimum atomic E-state index is -0.612. The predicted molar refractivity (Wildman–Crippen MR) is 105 cm³/mol. The van der Waals surface area contributed by atoms with E-state index in [1.807, 2.05) is 6.07 Å². The zero-order chi connectivity index (χ0) is 21.3. The number of ether oxygens (including phenoxy) is 3. The number of fused-ring (bicyclic) bond motifs is 3. The number of carbonyl (C=O) groups excluding carboxylic acids is 2. The maximum Gasteiger partial charge on any atom is 0.344 e. The van der Waals surface area contributed by atoms with Crippen molar-refractivity contribution >= 4 is 22.9 Å². The molecule has 0 fully saturated rings. The molecule has 0 saturated carbocycles. The Morgan fingerprint density at radius 2 is 1.90 bits per heavy atom. The predicted octanol–water partition coefficient (Wildman–Crippen LogP) is 3.09. The van der Waals surface area contributed by atoms with E-state index in [2.05, 4.69) is 4.74 Å². The van der Waals surface area contributed by atoms with Crippen molar-refractivity contribution in [3.63, 3.8) is 0 Å². The van der Waals surface area contributed by atoms with Crippen LogP contribution in [-0.4, -0.2) is 25.7 Å². The van der Waals surface area contributed by atoms with Gasteiger partial charge in [-0.25, -0.2) is 14.4 Å². The molecule has 30 heavy (non-hydrogen) atoms. The molecule has 3 aromatic rings. The smallest absolute Gasteiger partial charge is 0.344 e. The maximum absolute atomic E-state index is 12.1. The zero-order valence-corrected chi connectivity index (χ0v) is 16.6. The van der Waals surface area contributed by atoms with Crippen LogP contribution in [0.15, 0.2) is 37.9 Å². The molecule has 0 bridgehead atoms. The third kappa shape index (κ3) is 3.80. The van der Waals surface area contributed by atoms with Crippen molar-refractivity contribution in [2.45, 2.75) is 32.8 Å². The van der Waals surface area contributed by atoms with Crippen LogP contribution in [-0.2, 0) is 33.7 Å². The van der Waals surface area contributed by atoms with E-state index in [0.717, 1.165) is 35.8 Å². The molecule has 0 N–H and O–H groups in total. The summed E-state index contributed by atoms with van der Waals surface area (Å²) in [7, 11) is 1.27. The number of rotatable bonds is 6. The number of aryl methyl sites for hydroxylation is 2. The van der Waals surface area contributed by atoms with Crippen molar-refractivity contribution in [1.82, 2.24) is 0 Å². The Kier molecular flexibility index (Phi) is 5.31. The van der Waals surface area contributed by atoms with Gasteiger partial charge in [-0.3, -0.25) is 0 Å². The van der Waals surface area contributed by atoms with E-state index in [1.165, 1.54) is 13.2 Å². The van der Waals surface area contributed by atoms with E-state index in [0.29, 0.717) is 22.9 Å². The molecule has 0 aliphatic heterocycles. The summed E-state index contributed by atoms with van der Waals surface area (Å²) in [5.41, 5.74) is 2.19. The number of hydrogen-bond acceptors (Lipinski definition) is 8. The van der Waals surface area contributed by atoms with E-state index >= 15 is 0 Å². The highest BCUT2D eigenvalue weighted by atomic mass is 16.6. The van der Waals surface area contributed by atoms with Crippen molar-refractivity contribution in [3.8, 4) is 5.75 Å². The van der Waals surface area contributed by atoms with Crippen molar-refractivity contribution in [3.05, 3.63) is 62.9 Å². The van der Waals surface area contributed by atoms with Gasteiger partial charge in [0.15, 0.2) is 6.61 Å². The highest BCUT2D eigenvalue weighted by molar-refractivity contribution is 5.90. The van der Waals surface area contributed by atoms with Crippen LogP contribution in [0.25, 0.3) is 11.0 Å². The summed E-state index contributed by atoms with van der Waals surface area (Å²) < 4.78 is 26.0. The molecule has 0 saturated heterocycles. The topological polar surface area (TPSA) is 105 Å². The van der Waals surface area contributed by atoms with Crippen molar-refractivity contribution < 1.29 is 32.6 Å². The molecule has 8 nitrogen and oxygen atoms in total. The molecule has 0 amide bonds. The van der Waals surface area contributed by atoms with E-state index in [1.54, 1.807) is 19.1 Å². The summed E-state index contributed by atoms with van der Waals surface area (Å²) in [6, 6.07) is 6.63. The van der Waals surface area contributed by atoms with Gasteiger partial charge in [0.25, 0.3) is 0 Å². The van der Waals surface area contributed by atoms with Crippen LogP contribution in [0.3, 0.4) is 0 Å². The van der Waals surface area contributed by atoms with Crippen molar-refractivity contribution in [2.24, 2.45) is 0 Å². The van der Waals surface area contributed by atoms with E-state index in [9.17, 15) is 14.4 Å². The van der Waals surface area contributed by atoms with Crippen LogP contribution in [0.2, 0.25) is 0 Å². The first-order valence-electron chi connectivity index (χ1n) is 9.51. The third-order valence-corrected chi connectivity index (χ3v) is 5.05. The molecule has 0 radical (unpaired) electrons. The van der Waals surface area contributed by atoms with E-state index in [-0.39, 0.29) is 24.4 Å². The van der Waals surface area contributed by atoms with Crippen LogP contribution in [0, 0.1) is 6.92 Å². The molecular formula is C22H20O8. The fraction of sp³-hybridized carbons (Fsp3) is 0.318. The maximum atomic E-state index is 12.1. The fourth-order valence-electron chi connectivity index (χ4n) is 3.62. The molecule has 2 aromatic heterocycles. The van der Waals surface area contributed by atoms with Gasteiger partial charge >= 0.3 is 17.6 Å². The van der Waals surface area contributed by atoms with Crippen LogP contribution >= 0.6 is 0 Å². The van der Waals surface area contributed by atoms with Crippen LogP contribution in [0.1, 0.15) is 39.4 Å². The minimum Gasteiger partial charge on any atom is -0.482 e. The van der Waals surface area contributed by atoms with Crippen LogP contribution in [0.4, 0.5) is 0 Å². The SMILES string of the molecule is COC(=O)c1cc(COC(=O)COc2ccc3c4c(c(=O)oc3c2)CCC4)oc1C. The molecule has 4 rings (SSSR count). The van der Waals surface area contributed by atoms with Gasteiger partial charge in [-0.2, -0.15) is 0 Å². The number of furan rings is 1. The first-order valence-corrected chi connectivity index (χ1v) is 9.51. The first kappa shape index (κ1) is 19.8. The minimum absolute atomic E-state index is 0.140. The Balaban J connectivity index is 1.37. The molecule has 0 unspecified atom stereocenters.